The fourth-order valence-electron chi connectivity index (χ4n) is 0.659. The zero-order valence-corrected chi connectivity index (χ0v) is 6.47. The molecule has 0 saturated heterocycles. The van der Waals surface area contributed by atoms with E-state index in [1.807, 2.05) is 0 Å². The van der Waals surface area contributed by atoms with Crippen LogP contribution in [0.3, 0.4) is 0 Å². The van der Waals surface area contributed by atoms with Crippen molar-refractivity contribution in [3.63, 3.8) is 0 Å². The second-order valence-electron chi connectivity index (χ2n) is 1.78. The van der Waals surface area contributed by atoms with Crippen molar-refractivity contribution in [1.29, 1.82) is 0 Å². The van der Waals surface area contributed by atoms with Gasteiger partial charge in [-0.3, -0.25) is 4.79 Å². The Kier molecular flexibility index (Phi) is 4.07. The lowest BCUT2D eigenvalue weighted by atomic mass is 10.3. The lowest BCUT2D eigenvalue weighted by molar-refractivity contribution is -0.105. The molecule has 0 aromatic heterocycles. The average molecular weight is 174 g/mol. The van der Waals surface area contributed by atoms with E-state index in [0.717, 1.165) is 0 Å². The normalized spacial score (nSPS) is 8.00. The predicted octanol–water partition coefficient (Wildman–Crippen LogP) is 1.38. The van der Waals surface area contributed by atoms with E-state index < -0.39 is 0 Å². The maximum absolute atomic E-state index is 9.90. The van der Waals surface area contributed by atoms with Gasteiger partial charge in [-0.15, -0.1) is 12.4 Å². The van der Waals surface area contributed by atoms with E-state index in [2.05, 4.69) is 5.32 Å². The number of nitrogens with one attached hydrogen (secondary N) is 1. The monoisotopic (exact) mass is 173 g/mol. The number of amides is 1. The van der Waals surface area contributed by atoms with Crippen LogP contribution in [0.25, 0.3) is 0 Å². The summed E-state index contributed by atoms with van der Waals surface area (Å²) in [5, 5.41) is 11.4. The standard InChI is InChI=1S/C7H7NO2.ClH/c9-5-8-6-3-1-2-4-7(6)10;/h1-5,10H,(H,8,9);1H. The van der Waals surface area contributed by atoms with Gasteiger partial charge >= 0.3 is 0 Å². The summed E-state index contributed by atoms with van der Waals surface area (Å²) >= 11 is 0. The van der Waals surface area contributed by atoms with Gasteiger partial charge in [-0.25, -0.2) is 0 Å². The van der Waals surface area contributed by atoms with Crippen LogP contribution in [0.4, 0.5) is 5.69 Å². The van der Waals surface area contributed by atoms with Crippen LogP contribution in [0.5, 0.6) is 5.75 Å². The van der Waals surface area contributed by atoms with Crippen LogP contribution >= 0.6 is 12.4 Å². The Balaban J connectivity index is 0.000001000. The first-order valence-corrected chi connectivity index (χ1v) is 2.83. The summed E-state index contributed by atoms with van der Waals surface area (Å²) in [6.45, 7) is 0. The molecule has 1 amide bonds. The Morgan fingerprint density at radius 3 is 2.55 bits per heavy atom. The molecule has 3 nitrogen and oxygen atoms in total. The molecule has 0 atom stereocenters. The summed E-state index contributed by atoms with van der Waals surface area (Å²) in [7, 11) is 0. The number of carbonyl (C=O) groups is 1. The summed E-state index contributed by atoms with van der Waals surface area (Å²) in [4.78, 5) is 9.90. The van der Waals surface area contributed by atoms with Crippen molar-refractivity contribution >= 4 is 24.5 Å². The molecule has 0 saturated carbocycles. The fourth-order valence-corrected chi connectivity index (χ4v) is 0.659. The molecule has 1 rings (SSSR count). The maximum Gasteiger partial charge on any atom is 0.211 e. The molecule has 0 bridgehead atoms. The first kappa shape index (κ1) is 9.78. The number of rotatable bonds is 2. The van der Waals surface area contributed by atoms with E-state index in [4.69, 9.17) is 5.11 Å². The van der Waals surface area contributed by atoms with Crippen LogP contribution in [-0.2, 0) is 4.79 Å². The van der Waals surface area contributed by atoms with Gasteiger partial charge in [0, 0.05) is 0 Å². The predicted molar refractivity (Wildman–Crippen MR) is 45.0 cm³/mol. The van der Waals surface area contributed by atoms with Crippen LogP contribution in [0.1, 0.15) is 0 Å². The average Bonchev–Trinajstić information content (AvgIpc) is 1.94. The summed E-state index contributed by atoms with van der Waals surface area (Å²) in [6, 6.07) is 6.53. The lowest BCUT2D eigenvalue weighted by Crippen LogP contribution is -1.92. The first-order valence-electron chi connectivity index (χ1n) is 2.83. The highest BCUT2D eigenvalue weighted by atomic mass is 35.5. The molecule has 4 heteroatoms. The van der Waals surface area contributed by atoms with Gasteiger partial charge in [-0.05, 0) is 12.1 Å². The minimum atomic E-state index is 0. The Morgan fingerprint density at radius 1 is 1.36 bits per heavy atom. The van der Waals surface area contributed by atoms with E-state index in [1.165, 1.54) is 6.07 Å². The summed E-state index contributed by atoms with van der Waals surface area (Å²) < 4.78 is 0. The number of benzene rings is 1. The first-order chi connectivity index (χ1) is 4.84. The SMILES string of the molecule is Cl.O=CNc1ccccc1O. The van der Waals surface area contributed by atoms with E-state index in [-0.39, 0.29) is 18.2 Å². The van der Waals surface area contributed by atoms with Gasteiger partial charge in [0.2, 0.25) is 6.41 Å². The minimum Gasteiger partial charge on any atom is -0.506 e. The molecular formula is C7H8ClNO2. The zero-order valence-electron chi connectivity index (χ0n) is 5.65. The molecule has 0 heterocycles. The van der Waals surface area contributed by atoms with E-state index in [0.29, 0.717) is 12.1 Å². The van der Waals surface area contributed by atoms with Crippen LogP contribution in [-0.4, -0.2) is 11.5 Å². The van der Waals surface area contributed by atoms with Crippen molar-refractivity contribution < 1.29 is 9.90 Å². The maximum atomic E-state index is 9.90. The fraction of sp³-hybridized carbons (Fsp3) is 0. The smallest absolute Gasteiger partial charge is 0.211 e. The van der Waals surface area contributed by atoms with Crippen LogP contribution in [0.15, 0.2) is 24.3 Å². The third-order valence-electron chi connectivity index (χ3n) is 1.12. The van der Waals surface area contributed by atoms with Gasteiger partial charge < -0.3 is 10.4 Å². The van der Waals surface area contributed by atoms with Gasteiger partial charge in [0.1, 0.15) is 5.75 Å². The summed E-state index contributed by atoms with van der Waals surface area (Å²) in [5.74, 6) is 0.0783. The molecule has 0 aliphatic heterocycles. The summed E-state index contributed by atoms with van der Waals surface area (Å²) in [6.07, 6.45) is 0.523. The molecule has 0 aliphatic rings. The van der Waals surface area contributed by atoms with Crippen molar-refractivity contribution in [3.05, 3.63) is 24.3 Å². The zero-order chi connectivity index (χ0) is 7.40. The van der Waals surface area contributed by atoms with E-state index >= 15 is 0 Å². The Bertz CT molecular complexity index is 240. The molecule has 2 N–H and O–H groups in total. The second kappa shape index (κ2) is 4.57. The van der Waals surface area contributed by atoms with Crippen molar-refractivity contribution in [3.8, 4) is 5.75 Å². The number of hydrogen-bond acceptors (Lipinski definition) is 2. The van der Waals surface area contributed by atoms with Gasteiger partial charge in [0.15, 0.2) is 0 Å². The van der Waals surface area contributed by atoms with Crippen LogP contribution < -0.4 is 5.32 Å². The van der Waals surface area contributed by atoms with Gasteiger partial charge in [0.05, 0.1) is 5.69 Å². The highest BCUT2D eigenvalue weighted by Gasteiger charge is 1.94. The van der Waals surface area contributed by atoms with Gasteiger partial charge in [-0.1, -0.05) is 12.1 Å². The number of halogens is 1. The van der Waals surface area contributed by atoms with Gasteiger partial charge in [-0.2, -0.15) is 0 Å². The number of para-hydroxylation sites is 2. The number of phenols is 1. The number of anilines is 1. The third kappa shape index (κ3) is 2.47. The molecular weight excluding hydrogens is 166 g/mol. The molecule has 0 aliphatic carbocycles. The minimum absolute atomic E-state index is 0. The highest BCUT2D eigenvalue weighted by Crippen LogP contribution is 2.20. The Morgan fingerprint density at radius 2 is 2.00 bits per heavy atom. The highest BCUT2D eigenvalue weighted by molar-refractivity contribution is 5.85. The lowest BCUT2D eigenvalue weighted by Gasteiger charge is -1.98. The van der Waals surface area contributed by atoms with Crippen LogP contribution in [0, 0.1) is 0 Å². The molecule has 1 aromatic rings. The quantitative estimate of drug-likeness (QED) is 0.525. The number of phenolic OH excluding ortho intramolecular Hbond substituents is 1. The topological polar surface area (TPSA) is 49.3 Å². The van der Waals surface area contributed by atoms with Crippen LogP contribution in [0.2, 0.25) is 0 Å². The molecule has 0 unspecified atom stereocenters. The van der Waals surface area contributed by atoms with Crippen molar-refractivity contribution in [1.82, 2.24) is 0 Å². The van der Waals surface area contributed by atoms with Gasteiger partial charge in [0.25, 0.3) is 0 Å². The molecule has 0 radical (unpaired) electrons. The van der Waals surface area contributed by atoms with Crippen molar-refractivity contribution in [2.45, 2.75) is 0 Å². The van der Waals surface area contributed by atoms with Crippen molar-refractivity contribution in [2.75, 3.05) is 5.32 Å². The molecule has 11 heavy (non-hydrogen) atoms. The second-order valence-corrected chi connectivity index (χ2v) is 1.78. The molecule has 0 spiro atoms. The Hall–Kier alpha value is -1.22. The molecule has 1 aromatic carbocycles. The van der Waals surface area contributed by atoms with E-state index in [9.17, 15) is 4.79 Å². The number of carbonyl (C=O) groups excluding carboxylic acids is 1. The molecule has 0 fully saturated rings. The Labute approximate surface area is 70.5 Å². The summed E-state index contributed by atoms with van der Waals surface area (Å²) in [5.41, 5.74) is 0.428. The largest absolute Gasteiger partial charge is 0.506 e. The third-order valence-corrected chi connectivity index (χ3v) is 1.12. The van der Waals surface area contributed by atoms with E-state index in [1.54, 1.807) is 18.2 Å². The number of hydrogen-bond donors (Lipinski definition) is 2. The van der Waals surface area contributed by atoms with Crippen molar-refractivity contribution in [2.24, 2.45) is 0 Å². The molecule has 60 valence electrons. The number of aromatic hydroxyl groups is 1.